The Kier molecular flexibility index (Phi) is 2.40. The van der Waals surface area contributed by atoms with Gasteiger partial charge in [-0.05, 0) is 38.4 Å². The molecule has 3 nitrogen and oxygen atoms in total. The molecule has 0 bridgehead atoms. The summed E-state index contributed by atoms with van der Waals surface area (Å²) in [4.78, 5) is 0. The van der Waals surface area contributed by atoms with Crippen LogP contribution in [0, 0.1) is 0 Å². The molecule has 1 aliphatic rings. The van der Waals surface area contributed by atoms with Gasteiger partial charge in [-0.25, -0.2) is 0 Å². The molecule has 84 valence electrons. The highest BCUT2D eigenvalue weighted by atomic mass is 16.5. The molecule has 1 aromatic heterocycles. The third-order valence-corrected chi connectivity index (χ3v) is 3.42. The maximum atomic E-state index is 5.37. The van der Waals surface area contributed by atoms with E-state index in [1.807, 2.05) is 18.2 Å². The largest absolute Gasteiger partial charge is 0.356 e. The molecule has 0 radical (unpaired) electrons. The second-order valence-corrected chi connectivity index (χ2v) is 4.64. The normalized spacial score (nSPS) is 26.1. The molecule has 3 heteroatoms. The van der Waals surface area contributed by atoms with Crippen molar-refractivity contribution in [3.05, 3.63) is 30.0 Å². The van der Waals surface area contributed by atoms with Crippen molar-refractivity contribution in [3.8, 4) is 0 Å². The van der Waals surface area contributed by atoms with E-state index in [-0.39, 0.29) is 0 Å². The SMILES string of the molecule is C[C@H]1C[C@H](c2noc3ccccc23)CCN1. The summed E-state index contributed by atoms with van der Waals surface area (Å²) in [5.74, 6) is 0.542. The third kappa shape index (κ3) is 1.61. The summed E-state index contributed by atoms with van der Waals surface area (Å²) in [5.41, 5.74) is 2.05. The zero-order valence-electron chi connectivity index (χ0n) is 9.44. The summed E-state index contributed by atoms with van der Waals surface area (Å²) in [6.45, 7) is 3.31. The summed E-state index contributed by atoms with van der Waals surface area (Å²) < 4.78 is 5.37. The standard InChI is InChI=1S/C13H16N2O/c1-9-8-10(6-7-14-9)13-11-4-2-3-5-12(11)16-15-13/h2-5,9-10,14H,6-8H2,1H3/t9-,10+/m0/s1. The van der Waals surface area contributed by atoms with Gasteiger partial charge in [-0.15, -0.1) is 0 Å². The van der Waals surface area contributed by atoms with Gasteiger partial charge in [0.05, 0.1) is 5.69 Å². The molecule has 2 atom stereocenters. The second kappa shape index (κ2) is 3.91. The van der Waals surface area contributed by atoms with E-state index in [2.05, 4.69) is 23.5 Å². The monoisotopic (exact) mass is 216 g/mol. The molecule has 0 aliphatic carbocycles. The van der Waals surface area contributed by atoms with Crippen LogP contribution in [0.1, 0.15) is 31.4 Å². The van der Waals surface area contributed by atoms with Gasteiger partial charge in [0.15, 0.2) is 5.58 Å². The van der Waals surface area contributed by atoms with Crippen molar-refractivity contribution in [2.45, 2.75) is 31.7 Å². The molecule has 1 fully saturated rings. The van der Waals surface area contributed by atoms with E-state index in [0.717, 1.165) is 30.7 Å². The average Bonchev–Trinajstić information content (AvgIpc) is 2.72. The molecule has 2 aromatic rings. The van der Waals surface area contributed by atoms with Crippen molar-refractivity contribution >= 4 is 11.0 Å². The first-order valence-electron chi connectivity index (χ1n) is 5.92. The number of benzene rings is 1. The van der Waals surface area contributed by atoms with E-state index in [1.165, 1.54) is 5.39 Å². The van der Waals surface area contributed by atoms with E-state index >= 15 is 0 Å². The van der Waals surface area contributed by atoms with Crippen LogP contribution in [0.15, 0.2) is 28.8 Å². The predicted octanol–water partition coefficient (Wildman–Crippen LogP) is 2.68. The van der Waals surface area contributed by atoms with Crippen LogP contribution in [0.3, 0.4) is 0 Å². The van der Waals surface area contributed by atoms with Gasteiger partial charge in [0.25, 0.3) is 0 Å². The summed E-state index contributed by atoms with van der Waals surface area (Å²) in [7, 11) is 0. The van der Waals surface area contributed by atoms with Gasteiger partial charge < -0.3 is 9.84 Å². The fourth-order valence-electron chi connectivity index (χ4n) is 2.58. The van der Waals surface area contributed by atoms with Gasteiger partial charge >= 0.3 is 0 Å². The lowest BCUT2D eigenvalue weighted by molar-refractivity contribution is 0.359. The molecule has 1 saturated heterocycles. The van der Waals surface area contributed by atoms with E-state index in [9.17, 15) is 0 Å². The Labute approximate surface area is 94.8 Å². The lowest BCUT2D eigenvalue weighted by Crippen LogP contribution is -2.35. The molecule has 1 aliphatic heterocycles. The number of nitrogens with zero attached hydrogens (tertiary/aromatic N) is 1. The maximum absolute atomic E-state index is 5.37. The molecule has 1 N–H and O–H groups in total. The highest BCUT2D eigenvalue weighted by molar-refractivity contribution is 5.79. The van der Waals surface area contributed by atoms with Gasteiger partial charge in [0, 0.05) is 17.3 Å². The van der Waals surface area contributed by atoms with Gasteiger partial charge in [-0.1, -0.05) is 17.3 Å². The maximum Gasteiger partial charge on any atom is 0.167 e. The number of rotatable bonds is 1. The number of aromatic nitrogens is 1. The molecule has 0 unspecified atom stereocenters. The lowest BCUT2D eigenvalue weighted by atomic mass is 9.89. The Hall–Kier alpha value is -1.35. The highest BCUT2D eigenvalue weighted by Crippen LogP contribution is 2.31. The number of piperidine rings is 1. The highest BCUT2D eigenvalue weighted by Gasteiger charge is 2.24. The van der Waals surface area contributed by atoms with Gasteiger partial charge in [0.2, 0.25) is 0 Å². The minimum Gasteiger partial charge on any atom is -0.356 e. The Morgan fingerprint density at radius 3 is 3.12 bits per heavy atom. The summed E-state index contributed by atoms with van der Waals surface area (Å²) in [6, 6.07) is 8.70. The van der Waals surface area contributed by atoms with Gasteiger partial charge in [0.1, 0.15) is 0 Å². The molecular formula is C13H16N2O. The van der Waals surface area contributed by atoms with Crippen molar-refractivity contribution in [2.24, 2.45) is 0 Å². The summed E-state index contributed by atoms with van der Waals surface area (Å²) >= 11 is 0. The summed E-state index contributed by atoms with van der Waals surface area (Å²) in [6.07, 6.45) is 2.30. The molecule has 16 heavy (non-hydrogen) atoms. The van der Waals surface area contributed by atoms with E-state index in [1.54, 1.807) is 0 Å². The quantitative estimate of drug-likeness (QED) is 0.796. The van der Waals surface area contributed by atoms with Crippen molar-refractivity contribution in [3.63, 3.8) is 0 Å². The zero-order chi connectivity index (χ0) is 11.0. The first-order chi connectivity index (χ1) is 7.84. The number of para-hydroxylation sites is 1. The third-order valence-electron chi connectivity index (χ3n) is 3.42. The minimum absolute atomic E-state index is 0.542. The molecule has 0 spiro atoms. The Morgan fingerprint density at radius 2 is 2.25 bits per heavy atom. The molecule has 1 aromatic carbocycles. The van der Waals surface area contributed by atoms with Crippen LogP contribution in [-0.2, 0) is 0 Å². The van der Waals surface area contributed by atoms with Crippen LogP contribution in [0.4, 0.5) is 0 Å². The fourth-order valence-corrected chi connectivity index (χ4v) is 2.58. The number of fused-ring (bicyclic) bond motifs is 1. The zero-order valence-corrected chi connectivity index (χ0v) is 9.44. The molecule has 2 heterocycles. The second-order valence-electron chi connectivity index (χ2n) is 4.64. The first-order valence-corrected chi connectivity index (χ1v) is 5.92. The van der Waals surface area contributed by atoms with Gasteiger partial charge in [-0.3, -0.25) is 0 Å². The van der Waals surface area contributed by atoms with E-state index in [0.29, 0.717) is 12.0 Å². The van der Waals surface area contributed by atoms with Crippen molar-refractivity contribution in [1.82, 2.24) is 10.5 Å². The molecule has 3 rings (SSSR count). The topological polar surface area (TPSA) is 38.1 Å². The summed E-state index contributed by atoms with van der Waals surface area (Å²) in [5, 5.41) is 8.90. The van der Waals surface area contributed by atoms with Gasteiger partial charge in [-0.2, -0.15) is 0 Å². The number of hydrogen-bond acceptors (Lipinski definition) is 3. The van der Waals surface area contributed by atoms with Crippen LogP contribution in [0.5, 0.6) is 0 Å². The van der Waals surface area contributed by atoms with Crippen LogP contribution in [0.25, 0.3) is 11.0 Å². The van der Waals surface area contributed by atoms with Crippen molar-refractivity contribution in [1.29, 1.82) is 0 Å². The van der Waals surface area contributed by atoms with Crippen molar-refractivity contribution < 1.29 is 4.52 Å². The van der Waals surface area contributed by atoms with Crippen LogP contribution in [-0.4, -0.2) is 17.7 Å². The van der Waals surface area contributed by atoms with Crippen molar-refractivity contribution in [2.75, 3.05) is 6.54 Å². The Balaban J connectivity index is 1.99. The average molecular weight is 216 g/mol. The molecular weight excluding hydrogens is 200 g/mol. The molecule has 0 saturated carbocycles. The van der Waals surface area contributed by atoms with Crippen LogP contribution < -0.4 is 5.32 Å². The first kappa shape index (κ1) is 9.85. The number of nitrogens with one attached hydrogen (secondary N) is 1. The molecule has 0 amide bonds. The smallest absolute Gasteiger partial charge is 0.167 e. The predicted molar refractivity (Wildman–Crippen MR) is 63.4 cm³/mol. The fraction of sp³-hybridized carbons (Fsp3) is 0.462. The number of hydrogen-bond donors (Lipinski definition) is 1. The van der Waals surface area contributed by atoms with E-state index < -0.39 is 0 Å². The minimum atomic E-state index is 0.542. The van der Waals surface area contributed by atoms with Crippen LogP contribution in [0.2, 0.25) is 0 Å². The van der Waals surface area contributed by atoms with Crippen LogP contribution >= 0.6 is 0 Å². The van der Waals surface area contributed by atoms with E-state index in [4.69, 9.17) is 4.52 Å². The lowest BCUT2D eigenvalue weighted by Gasteiger charge is -2.26. The Morgan fingerprint density at radius 1 is 1.38 bits per heavy atom. The Bertz CT molecular complexity index is 491.